The van der Waals surface area contributed by atoms with Crippen molar-refractivity contribution in [1.82, 2.24) is 23.8 Å². The van der Waals surface area contributed by atoms with E-state index in [1.165, 1.54) is 14.1 Å². The zero-order valence-corrected chi connectivity index (χ0v) is 24.5. The number of H-pyrrole nitrogens is 1. The number of aromatic amines is 1. The molecule has 0 aliphatic rings. The Bertz CT molecular complexity index is 1500. The highest BCUT2D eigenvalue weighted by Crippen LogP contribution is 2.20. The summed E-state index contributed by atoms with van der Waals surface area (Å²) in [5.41, 5.74) is 3.03. The van der Waals surface area contributed by atoms with Gasteiger partial charge in [-0.15, -0.1) is 0 Å². The maximum absolute atomic E-state index is 12.1. The van der Waals surface area contributed by atoms with E-state index in [1.807, 2.05) is 71.8 Å². The van der Waals surface area contributed by atoms with Crippen molar-refractivity contribution in [2.24, 2.45) is 5.14 Å². The number of nitrogens with two attached hydrogens (primary N) is 1. The molecule has 2 aromatic heterocycles. The van der Waals surface area contributed by atoms with Crippen molar-refractivity contribution in [3.05, 3.63) is 59.0 Å². The molecular formula is C21H32N6O9S3-2. The lowest BCUT2D eigenvalue weighted by atomic mass is 10.2. The molecule has 18 heteroatoms. The minimum atomic E-state index is -3.17. The number of imidazole rings is 1. The Balaban J connectivity index is 0. The van der Waals surface area contributed by atoms with Crippen LogP contribution in [0.15, 0.2) is 53.3 Å². The number of aromatic nitrogens is 3. The Morgan fingerprint density at radius 2 is 1.41 bits per heavy atom. The highest BCUT2D eigenvalue weighted by molar-refractivity contribution is 7.88. The molecule has 0 saturated carbocycles. The summed E-state index contributed by atoms with van der Waals surface area (Å²) in [5.74, 6) is -0.833. The van der Waals surface area contributed by atoms with Crippen molar-refractivity contribution in [2.45, 2.75) is 20.8 Å². The molecule has 2 aromatic carbocycles. The number of carboxylic acid groups (broad SMARTS) is 1. The lowest BCUT2D eigenvalue weighted by Gasteiger charge is -1.99. The first-order valence-corrected chi connectivity index (χ1v) is 14.8. The molecule has 15 nitrogen and oxygen atoms in total. The zero-order chi connectivity index (χ0) is 30.8. The van der Waals surface area contributed by atoms with Crippen LogP contribution in [0.2, 0.25) is 0 Å². The van der Waals surface area contributed by atoms with Gasteiger partial charge in [-0.1, -0.05) is 38.1 Å². The predicted molar refractivity (Wildman–Crippen MR) is 150 cm³/mol. The Morgan fingerprint density at radius 1 is 1.03 bits per heavy atom. The molecule has 4 aromatic rings. The summed E-state index contributed by atoms with van der Waals surface area (Å²) in [6, 6.07) is 15.3. The van der Waals surface area contributed by atoms with Crippen LogP contribution in [0.1, 0.15) is 20.8 Å². The van der Waals surface area contributed by atoms with Gasteiger partial charge in [0.1, 0.15) is 0 Å². The van der Waals surface area contributed by atoms with Crippen molar-refractivity contribution in [3.8, 4) is 0 Å². The van der Waals surface area contributed by atoms with E-state index in [0.29, 0.717) is 5.65 Å². The number of hydrogen-bond donors (Lipinski definition) is 5. The van der Waals surface area contributed by atoms with Crippen molar-refractivity contribution in [2.75, 3.05) is 20.4 Å². The summed E-state index contributed by atoms with van der Waals surface area (Å²) in [6.45, 7) is 5.08. The molecule has 220 valence electrons. The third kappa shape index (κ3) is 17.2. The van der Waals surface area contributed by atoms with E-state index in [1.54, 1.807) is 4.40 Å². The Hall–Kier alpha value is -3.10. The number of aliphatic carboxylic acids is 1. The number of nitrogens with one attached hydrogen (secondary N) is 3. The zero-order valence-electron chi connectivity index (χ0n) is 22.0. The number of fused-ring (bicyclic) bond motifs is 5. The van der Waals surface area contributed by atoms with Gasteiger partial charge in [-0.2, -0.15) is 0 Å². The second-order valence-corrected chi connectivity index (χ2v) is 9.88. The molecule has 39 heavy (non-hydrogen) atoms. The molecule has 0 bridgehead atoms. The Labute approximate surface area is 230 Å². The van der Waals surface area contributed by atoms with Crippen LogP contribution in [0, 0.1) is 0 Å². The minimum absolute atomic E-state index is 0.155. The molecule has 0 spiro atoms. The minimum Gasteiger partial charge on any atom is -0.760 e. The largest absolute Gasteiger partial charge is 0.760 e. The highest BCUT2D eigenvalue weighted by Gasteiger charge is 2.09. The predicted octanol–water partition coefficient (Wildman–Crippen LogP) is 0.351. The summed E-state index contributed by atoms with van der Waals surface area (Å²) in [7, 11) is -0.494. The summed E-state index contributed by atoms with van der Waals surface area (Å²) in [5, 5.41) is 12.7. The fourth-order valence-electron chi connectivity index (χ4n) is 2.37. The molecule has 6 N–H and O–H groups in total. The van der Waals surface area contributed by atoms with Gasteiger partial charge in [-0.3, -0.25) is 22.7 Å². The second-order valence-electron chi connectivity index (χ2n) is 6.46. The Kier molecular flexibility index (Phi) is 19.4. The van der Waals surface area contributed by atoms with Gasteiger partial charge in [0.15, 0.2) is 5.65 Å². The van der Waals surface area contributed by atoms with Crippen LogP contribution in [0.25, 0.3) is 27.6 Å². The van der Waals surface area contributed by atoms with E-state index < -0.39 is 38.5 Å². The number of sulfonamides is 1. The van der Waals surface area contributed by atoms with Crippen LogP contribution >= 0.6 is 0 Å². The average Bonchev–Trinajstić information content (AvgIpc) is 3.25. The molecular weight excluding hydrogens is 576 g/mol. The summed E-state index contributed by atoms with van der Waals surface area (Å²) in [4.78, 5) is 28.6. The van der Waals surface area contributed by atoms with Crippen LogP contribution in [-0.4, -0.2) is 71.7 Å². The van der Waals surface area contributed by atoms with Gasteiger partial charge in [0, 0.05) is 34.8 Å². The maximum Gasteiger partial charge on any atom is 0.332 e. The Morgan fingerprint density at radius 3 is 1.85 bits per heavy atom. The molecule has 0 fully saturated rings. The van der Waals surface area contributed by atoms with Crippen molar-refractivity contribution in [3.63, 3.8) is 0 Å². The van der Waals surface area contributed by atoms with E-state index in [0.717, 1.165) is 35.1 Å². The standard InChI is InChI=1S/C14H9N3O.C2H4O2.C2H6.3CH5NO2S/c18-14-16-10-6-2-1-5-9(10)13-15-11-7-3-4-8-12(11)17(13)14;1-2(3)4;1-2;1-5(2,3)4;2*1-2-5(3)4/h1-8H,(H,16,18);1H3,(H,3,4);1-2H3;1H3,(H2,2,3,4);2*2H,1H3,(H,3,4)/p-2. The quantitative estimate of drug-likeness (QED) is 0.195. The first-order valence-electron chi connectivity index (χ1n) is 10.7. The number of primary sulfonamides is 1. The SMILES string of the molecule is CC.CC(=O)O.CNS(=O)[O-].CNS(=O)[O-].CS(N)(=O)=O.O=c1[nH]c2ccccc2c2nc3ccccc3n12. The molecule has 0 radical (unpaired) electrons. The van der Waals surface area contributed by atoms with Crippen LogP contribution < -0.4 is 20.3 Å². The number of carbonyl (C=O) groups is 1. The van der Waals surface area contributed by atoms with E-state index in [9.17, 15) is 30.7 Å². The number of rotatable bonds is 2. The number of benzene rings is 2. The normalized spacial score (nSPS) is 11.4. The van der Waals surface area contributed by atoms with Gasteiger partial charge >= 0.3 is 5.69 Å². The van der Waals surface area contributed by atoms with Crippen molar-refractivity contribution >= 4 is 66.1 Å². The molecule has 2 heterocycles. The van der Waals surface area contributed by atoms with Gasteiger partial charge in [0.25, 0.3) is 5.97 Å². The fourth-order valence-corrected chi connectivity index (χ4v) is 2.37. The van der Waals surface area contributed by atoms with Crippen molar-refractivity contribution in [1.29, 1.82) is 0 Å². The van der Waals surface area contributed by atoms with Gasteiger partial charge < -0.3 is 19.2 Å². The summed E-state index contributed by atoms with van der Waals surface area (Å²) < 4.78 is 61.4. The van der Waals surface area contributed by atoms with E-state index in [-0.39, 0.29) is 5.69 Å². The second kappa shape index (κ2) is 19.9. The van der Waals surface area contributed by atoms with Gasteiger partial charge in [0.05, 0.1) is 22.8 Å². The highest BCUT2D eigenvalue weighted by atomic mass is 32.2. The number of hydrogen-bond acceptors (Lipinski definition) is 9. The monoisotopic (exact) mass is 608 g/mol. The van der Waals surface area contributed by atoms with Gasteiger partial charge in [-0.25, -0.2) is 27.7 Å². The molecule has 0 aliphatic heterocycles. The lowest BCUT2D eigenvalue weighted by molar-refractivity contribution is -0.134. The third-order valence-electron chi connectivity index (χ3n) is 3.51. The van der Waals surface area contributed by atoms with E-state index in [2.05, 4.69) is 15.1 Å². The van der Waals surface area contributed by atoms with Gasteiger partial charge in [-0.05, 0) is 38.4 Å². The van der Waals surface area contributed by atoms with Gasteiger partial charge in [0.2, 0.25) is 10.0 Å². The van der Waals surface area contributed by atoms with Crippen LogP contribution in [0.4, 0.5) is 0 Å². The molecule has 0 amide bonds. The fraction of sp³-hybridized carbons (Fsp3) is 0.286. The van der Waals surface area contributed by atoms with Crippen LogP contribution in [-0.2, 0) is 37.4 Å². The van der Waals surface area contributed by atoms with Crippen molar-refractivity contribution < 1.29 is 35.8 Å². The first-order chi connectivity index (χ1) is 18.1. The summed E-state index contributed by atoms with van der Waals surface area (Å²) >= 11 is -4.15. The average molecular weight is 609 g/mol. The molecule has 0 aliphatic carbocycles. The maximum atomic E-state index is 12.1. The van der Waals surface area contributed by atoms with Crippen LogP contribution in [0.5, 0.6) is 0 Å². The number of para-hydroxylation sites is 3. The molecule has 2 atom stereocenters. The molecule has 2 unspecified atom stereocenters. The van der Waals surface area contributed by atoms with E-state index in [4.69, 9.17) is 9.90 Å². The summed E-state index contributed by atoms with van der Waals surface area (Å²) in [6.07, 6.45) is 0.938. The number of carboxylic acids is 1. The topological polar surface area (TPSA) is 252 Å². The molecule has 0 saturated heterocycles. The van der Waals surface area contributed by atoms with Crippen LogP contribution in [0.3, 0.4) is 0 Å². The van der Waals surface area contributed by atoms with E-state index >= 15 is 0 Å². The first kappa shape index (κ1) is 38.0. The molecule has 4 rings (SSSR count). The number of nitrogens with zero attached hydrogens (tertiary/aromatic N) is 2. The lowest BCUT2D eigenvalue weighted by Crippen LogP contribution is -2.15. The smallest absolute Gasteiger partial charge is 0.332 e. The third-order valence-corrected chi connectivity index (χ3v) is 4.17.